The molecule has 0 bridgehead atoms. The van der Waals surface area contributed by atoms with E-state index >= 15 is 0 Å². The maximum Gasteiger partial charge on any atom is 0.240 e. The van der Waals surface area contributed by atoms with E-state index in [0.29, 0.717) is 11.7 Å². The number of fused-ring (bicyclic) bond motifs is 1. The van der Waals surface area contributed by atoms with Gasteiger partial charge >= 0.3 is 0 Å². The van der Waals surface area contributed by atoms with E-state index in [2.05, 4.69) is 40.0 Å². The van der Waals surface area contributed by atoms with E-state index in [0.717, 1.165) is 18.5 Å². The Kier molecular flexibility index (Phi) is 5.27. The lowest BCUT2D eigenvalue weighted by Gasteiger charge is -2.25. The highest BCUT2D eigenvalue weighted by molar-refractivity contribution is 8.00. The third-order valence-electron chi connectivity index (χ3n) is 4.72. The number of thiophene rings is 1. The summed E-state index contributed by atoms with van der Waals surface area (Å²) in [4.78, 5) is 16.4. The Morgan fingerprint density at radius 2 is 2.19 bits per heavy atom. The van der Waals surface area contributed by atoms with Crippen LogP contribution in [0.4, 0.5) is 5.69 Å². The molecule has 1 aliphatic heterocycles. The zero-order valence-corrected chi connectivity index (χ0v) is 16.9. The Hall–Kier alpha value is -2.19. The molecule has 27 heavy (non-hydrogen) atoms. The molecule has 0 N–H and O–H groups in total. The number of benzene rings is 1. The number of aryl methyl sites for hydroxylation is 2. The molecule has 0 fully saturated rings. The molecule has 0 spiro atoms. The first-order chi connectivity index (χ1) is 13.1. The van der Waals surface area contributed by atoms with Crippen molar-refractivity contribution in [2.75, 3.05) is 4.90 Å². The van der Waals surface area contributed by atoms with Crippen molar-refractivity contribution in [3.05, 3.63) is 52.2 Å². The Labute approximate surface area is 166 Å². The first-order valence-electron chi connectivity index (χ1n) is 8.99. The summed E-state index contributed by atoms with van der Waals surface area (Å²) < 4.78 is 1.79. The van der Waals surface area contributed by atoms with Gasteiger partial charge in [-0.05, 0) is 53.8 Å². The fourth-order valence-electron chi connectivity index (χ4n) is 3.40. The molecule has 1 amide bonds. The van der Waals surface area contributed by atoms with Crippen molar-refractivity contribution in [2.24, 2.45) is 0 Å². The van der Waals surface area contributed by atoms with Gasteiger partial charge in [0.25, 0.3) is 0 Å². The van der Waals surface area contributed by atoms with Crippen molar-refractivity contribution in [2.45, 2.75) is 49.7 Å². The Morgan fingerprint density at radius 1 is 1.33 bits per heavy atom. The molecular formula is C19H21N5OS2. The van der Waals surface area contributed by atoms with Crippen molar-refractivity contribution < 1.29 is 4.79 Å². The summed E-state index contributed by atoms with van der Waals surface area (Å²) >= 11 is 3.16. The maximum absolute atomic E-state index is 13.1. The first kappa shape index (κ1) is 18.2. The van der Waals surface area contributed by atoms with Gasteiger partial charge < -0.3 is 4.90 Å². The van der Waals surface area contributed by atoms with Crippen LogP contribution in [0.15, 0.2) is 46.9 Å². The first-order valence-corrected chi connectivity index (χ1v) is 10.8. The molecule has 0 saturated heterocycles. The number of carbonyl (C=O) groups excluding carboxylic acids is 1. The predicted octanol–water partition coefficient (Wildman–Crippen LogP) is 3.44. The van der Waals surface area contributed by atoms with Gasteiger partial charge in [0, 0.05) is 23.0 Å². The molecule has 6 nitrogen and oxygen atoms in total. The lowest BCUT2D eigenvalue weighted by Crippen LogP contribution is -2.40. The molecule has 0 aliphatic carbocycles. The molecule has 2 atom stereocenters. The summed E-state index contributed by atoms with van der Waals surface area (Å²) in [6, 6.07) is 12.5. The monoisotopic (exact) mass is 399 g/mol. The summed E-state index contributed by atoms with van der Waals surface area (Å²) in [5.41, 5.74) is 2.26. The van der Waals surface area contributed by atoms with Crippen molar-refractivity contribution in [1.29, 1.82) is 0 Å². The van der Waals surface area contributed by atoms with Crippen LogP contribution in [0.2, 0.25) is 0 Å². The van der Waals surface area contributed by atoms with Crippen LogP contribution in [-0.2, 0) is 24.2 Å². The number of hydrogen-bond donors (Lipinski definition) is 0. The van der Waals surface area contributed by atoms with E-state index < -0.39 is 0 Å². The van der Waals surface area contributed by atoms with Crippen LogP contribution in [0.5, 0.6) is 0 Å². The third-order valence-corrected chi connectivity index (χ3v) is 6.72. The number of nitrogens with zero attached hydrogens (tertiary/aromatic N) is 5. The SMILES string of the molecule is C[C@@H]1Cc2ccccc2N1C(=O)[C@@H](C)Sc1nnnn1CCc1cccs1. The van der Waals surface area contributed by atoms with E-state index in [9.17, 15) is 4.79 Å². The van der Waals surface area contributed by atoms with E-state index in [-0.39, 0.29) is 17.2 Å². The zero-order chi connectivity index (χ0) is 18.8. The number of amides is 1. The van der Waals surface area contributed by atoms with Crippen molar-refractivity contribution in [3.63, 3.8) is 0 Å². The van der Waals surface area contributed by atoms with Gasteiger partial charge in [0.1, 0.15) is 0 Å². The van der Waals surface area contributed by atoms with Crippen LogP contribution in [0.1, 0.15) is 24.3 Å². The average molecular weight is 400 g/mol. The van der Waals surface area contributed by atoms with Crippen LogP contribution < -0.4 is 4.90 Å². The number of aromatic nitrogens is 4. The van der Waals surface area contributed by atoms with Crippen LogP contribution >= 0.6 is 23.1 Å². The molecule has 1 aromatic carbocycles. The largest absolute Gasteiger partial charge is 0.308 e. The van der Waals surface area contributed by atoms with Gasteiger partial charge in [-0.1, -0.05) is 36.0 Å². The lowest BCUT2D eigenvalue weighted by molar-refractivity contribution is -0.118. The van der Waals surface area contributed by atoms with Gasteiger partial charge in [-0.15, -0.1) is 16.4 Å². The van der Waals surface area contributed by atoms with Crippen molar-refractivity contribution >= 4 is 34.7 Å². The fourth-order valence-corrected chi connectivity index (χ4v) is 4.96. The number of para-hydroxylation sites is 1. The minimum Gasteiger partial charge on any atom is -0.308 e. The number of thioether (sulfide) groups is 1. The smallest absolute Gasteiger partial charge is 0.240 e. The van der Waals surface area contributed by atoms with E-state index in [1.165, 1.54) is 22.2 Å². The van der Waals surface area contributed by atoms with Gasteiger partial charge in [0.15, 0.2) is 0 Å². The Bertz CT molecular complexity index is 924. The number of carbonyl (C=O) groups is 1. The summed E-state index contributed by atoms with van der Waals surface area (Å²) in [6.45, 7) is 4.74. The van der Waals surface area contributed by atoms with Crippen molar-refractivity contribution in [3.8, 4) is 0 Å². The van der Waals surface area contributed by atoms with Crippen LogP contribution in [0.25, 0.3) is 0 Å². The fraction of sp³-hybridized carbons (Fsp3) is 0.368. The molecule has 4 rings (SSSR count). The molecule has 0 radical (unpaired) electrons. The minimum atomic E-state index is -0.259. The standard InChI is InChI=1S/C19H21N5OS2/c1-13-12-15-6-3-4-8-17(15)24(13)18(25)14(2)27-19-20-21-22-23(19)10-9-16-7-5-11-26-16/h3-8,11,13-14H,9-10,12H2,1-2H3/t13-,14-/m1/s1. The lowest BCUT2D eigenvalue weighted by atomic mass is 10.1. The van der Waals surface area contributed by atoms with Gasteiger partial charge in [-0.2, -0.15) is 0 Å². The van der Waals surface area contributed by atoms with E-state index in [4.69, 9.17) is 0 Å². The summed E-state index contributed by atoms with van der Waals surface area (Å²) in [5.74, 6) is 0.102. The number of tetrazole rings is 1. The summed E-state index contributed by atoms with van der Waals surface area (Å²) in [6.07, 6.45) is 1.78. The van der Waals surface area contributed by atoms with Crippen molar-refractivity contribution in [1.82, 2.24) is 20.2 Å². The number of hydrogen-bond acceptors (Lipinski definition) is 6. The second-order valence-electron chi connectivity index (χ2n) is 6.66. The number of anilines is 1. The molecule has 8 heteroatoms. The van der Waals surface area contributed by atoms with Crippen LogP contribution in [-0.4, -0.2) is 37.4 Å². The van der Waals surface area contributed by atoms with E-state index in [1.807, 2.05) is 36.1 Å². The zero-order valence-electron chi connectivity index (χ0n) is 15.3. The second-order valence-corrected chi connectivity index (χ2v) is 9.00. The van der Waals surface area contributed by atoms with Crippen LogP contribution in [0, 0.1) is 0 Å². The molecule has 0 unspecified atom stereocenters. The second kappa shape index (κ2) is 7.82. The van der Waals surface area contributed by atoms with E-state index in [1.54, 1.807) is 16.0 Å². The average Bonchev–Trinajstić information content (AvgIpc) is 3.38. The molecule has 3 heterocycles. The highest BCUT2D eigenvalue weighted by Gasteiger charge is 2.33. The van der Waals surface area contributed by atoms with Gasteiger partial charge in [-0.3, -0.25) is 4.79 Å². The topological polar surface area (TPSA) is 63.9 Å². The highest BCUT2D eigenvalue weighted by atomic mass is 32.2. The van der Waals surface area contributed by atoms with Gasteiger partial charge in [0.2, 0.25) is 11.1 Å². The van der Waals surface area contributed by atoms with Gasteiger partial charge in [-0.25, -0.2) is 4.68 Å². The molecule has 3 aromatic rings. The predicted molar refractivity (Wildman–Crippen MR) is 108 cm³/mol. The molecular weight excluding hydrogens is 378 g/mol. The summed E-state index contributed by atoms with van der Waals surface area (Å²) in [7, 11) is 0. The normalized spacial score (nSPS) is 17.1. The third kappa shape index (κ3) is 3.77. The Balaban J connectivity index is 1.44. The Morgan fingerprint density at radius 3 is 3.00 bits per heavy atom. The van der Waals surface area contributed by atoms with Crippen LogP contribution in [0.3, 0.4) is 0 Å². The quantitative estimate of drug-likeness (QED) is 0.594. The minimum absolute atomic E-state index is 0.102. The molecule has 140 valence electrons. The summed E-state index contributed by atoms with van der Waals surface area (Å²) in [5, 5.41) is 14.5. The number of rotatable bonds is 6. The molecule has 0 saturated carbocycles. The van der Waals surface area contributed by atoms with Gasteiger partial charge in [0.05, 0.1) is 11.8 Å². The highest BCUT2D eigenvalue weighted by Crippen LogP contribution is 2.34. The molecule has 2 aromatic heterocycles. The maximum atomic E-state index is 13.1. The molecule has 1 aliphatic rings.